The van der Waals surface area contributed by atoms with Gasteiger partial charge in [-0.15, -0.1) is 0 Å². The molecule has 1 spiro atoms. The van der Waals surface area contributed by atoms with E-state index in [1.165, 1.54) is 24.8 Å². The van der Waals surface area contributed by atoms with Gasteiger partial charge in [0.2, 0.25) is 5.91 Å². The molecule has 2 aliphatic carbocycles. The van der Waals surface area contributed by atoms with E-state index in [1.807, 2.05) is 6.92 Å². The lowest BCUT2D eigenvalue weighted by molar-refractivity contribution is -0.193. The van der Waals surface area contributed by atoms with Gasteiger partial charge in [0.1, 0.15) is 0 Å². The average molecular weight is 596 g/mol. The predicted octanol–water partition coefficient (Wildman–Crippen LogP) is 4.33. The summed E-state index contributed by atoms with van der Waals surface area (Å²) in [4.78, 5) is 31.8. The van der Waals surface area contributed by atoms with E-state index in [2.05, 4.69) is 58.9 Å². The van der Waals surface area contributed by atoms with Gasteiger partial charge in [0, 0.05) is 31.7 Å². The maximum absolute atomic E-state index is 11.7. The second-order valence-corrected chi connectivity index (χ2v) is 10.4. The standard InChI is InChI=1S/C23H33N3O.2C2HF3O2/c1-3-18(10-17-8-6-5-7-9-17)20-11-21(20)25-19-12-23(13-19)15-26(16-23)14-22(27)24-4-2;2*3-2(4,5)1(6)7/h5-10,19-21,25H,3-4,11-16H2,1-2H3,(H,24,27);2*(H,6,7)/b18-10+;;/t20-,21+;;/m0../s1. The monoisotopic (exact) mass is 595 g/mol. The number of nitrogens with one attached hydrogen (secondary N) is 2. The second-order valence-electron chi connectivity index (χ2n) is 10.4. The Kier molecular flexibility index (Phi) is 11.8. The Balaban J connectivity index is 0.000000349. The minimum Gasteiger partial charge on any atom is -0.475 e. The molecule has 0 aromatic heterocycles. The van der Waals surface area contributed by atoms with Crippen LogP contribution in [0.2, 0.25) is 0 Å². The molecule has 8 nitrogen and oxygen atoms in total. The van der Waals surface area contributed by atoms with Crippen molar-refractivity contribution in [1.29, 1.82) is 0 Å². The van der Waals surface area contributed by atoms with Gasteiger partial charge in [0.25, 0.3) is 0 Å². The van der Waals surface area contributed by atoms with Crippen LogP contribution in [0.25, 0.3) is 6.08 Å². The fraction of sp³-hybridized carbons (Fsp3) is 0.593. The first-order valence-electron chi connectivity index (χ1n) is 13.1. The van der Waals surface area contributed by atoms with Gasteiger partial charge < -0.3 is 20.8 Å². The number of rotatable bonds is 8. The number of carboxylic acids is 2. The van der Waals surface area contributed by atoms with Crippen molar-refractivity contribution in [2.24, 2.45) is 11.3 Å². The first-order chi connectivity index (χ1) is 19.0. The molecule has 2 saturated carbocycles. The number of amides is 1. The van der Waals surface area contributed by atoms with Gasteiger partial charge in [-0.2, -0.15) is 26.3 Å². The molecule has 1 saturated heterocycles. The summed E-state index contributed by atoms with van der Waals surface area (Å²) in [6.45, 7) is 7.75. The Labute approximate surface area is 233 Å². The van der Waals surface area contributed by atoms with Crippen molar-refractivity contribution in [3.05, 3.63) is 41.5 Å². The molecule has 1 aromatic carbocycles. The highest BCUT2D eigenvalue weighted by Gasteiger charge is 2.54. The van der Waals surface area contributed by atoms with Crippen molar-refractivity contribution in [2.75, 3.05) is 26.2 Å². The number of alkyl halides is 6. The summed E-state index contributed by atoms with van der Waals surface area (Å²) in [5.41, 5.74) is 3.41. The van der Waals surface area contributed by atoms with Gasteiger partial charge in [-0.05, 0) is 49.5 Å². The maximum atomic E-state index is 11.7. The highest BCUT2D eigenvalue weighted by Crippen LogP contribution is 2.50. The summed E-state index contributed by atoms with van der Waals surface area (Å²) < 4.78 is 63.5. The SMILES string of the molecule is CCNC(=O)CN1CC2(CC(N[C@@H]3C[C@H]3/C(=C/c3ccccc3)CC)C2)C1.O=C(O)C(F)(F)F.O=C(O)C(F)(F)F. The van der Waals surface area contributed by atoms with E-state index in [4.69, 9.17) is 19.8 Å². The summed E-state index contributed by atoms with van der Waals surface area (Å²) in [7, 11) is 0. The highest BCUT2D eigenvalue weighted by atomic mass is 19.4. The van der Waals surface area contributed by atoms with Crippen LogP contribution < -0.4 is 10.6 Å². The molecule has 1 amide bonds. The fourth-order valence-electron chi connectivity index (χ4n) is 5.16. The van der Waals surface area contributed by atoms with Crippen LogP contribution in [0.1, 0.15) is 45.1 Å². The van der Waals surface area contributed by atoms with Crippen LogP contribution in [0.3, 0.4) is 0 Å². The van der Waals surface area contributed by atoms with E-state index in [9.17, 15) is 31.1 Å². The van der Waals surface area contributed by atoms with Crippen molar-refractivity contribution >= 4 is 23.9 Å². The number of hydrogen-bond donors (Lipinski definition) is 4. The van der Waals surface area contributed by atoms with Gasteiger partial charge in [0.05, 0.1) is 6.54 Å². The van der Waals surface area contributed by atoms with Crippen LogP contribution in [0.5, 0.6) is 0 Å². The maximum Gasteiger partial charge on any atom is 0.490 e. The smallest absolute Gasteiger partial charge is 0.475 e. The first kappa shape index (κ1) is 34.1. The van der Waals surface area contributed by atoms with E-state index in [-0.39, 0.29) is 5.91 Å². The number of nitrogens with zero attached hydrogens (tertiary/aromatic N) is 1. The van der Waals surface area contributed by atoms with Crippen LogP contribution in [0.4, 0.5) is 26.3 Å². The van der Waals surface area contributed by atoms with Gasteiger partial charge in [-0.3, -0.25) is 9.69 Å². The molecule has 0 unspecified atom stereocenters. The van der Waals surface area contributed by atoms with Crippen LogP contribution in [0.15, 0.2) is 35.9 Å². The van der Waals surface area contributed by atoms with Gasteiger partial charge >= 0.3 is 24.3 Å². The molecule has 1 heterocycles. The summed E-state index contributed by atoms with van der Waals surface area (Å²) in [5, 5.41) is 21.0. The molecular weight excluding hydrogens is 560 g/mol. The quantitative estimate of drug-likeness (QED) is 0.331. The number of carboxylic acid groups (broad SMARTS) is 2. The zero-order valence-corrected chi connectivity index (χ0v) is 22.7. The van der Waals surface area contributed by atoms with Crippen LogP contribution in [0, 0.1) is 11.3 Å². The number of likely N-dealkylation sites (N-methyl/N-ethyl adjacent to an activating group) is 1. The van der Waals surface area contributed by atoms with E-state index < -0.39 is 24.3 Å². The Morgan fingerprint density at radius 3 is 1.93 bits per heavy atom. The fourth-order valence-corrected chi connectivity index (χ4v) is 5.16. The molecule has 4 rings (SSSR count). The molecule has 0 bridgehead atoms. The minimum atomic E-state index is -5.08. The molecule has 41 heavy (non-hydrogen) atoms. The van der Waals surface area contributed by atoms with Gasteiger partial charge in [-0.25, -0.2) is 9.59 Å². The Morgan fingerprint density at radius 2 is 1.49 bits per heavy atom. The third-order valence-electron chi connectivity index (χ3n) is 6.98. The number of likely N-dealkylation sites (tertiary alicyclic amines) is 1. The van der Waals surface area contributed by atoms with Crippen LogP contribution in [-0.2, 0) is 14.4 Å². The lowest BCUT2D eigenvalue weighted by Crippen LogP contribution is -2.67. The predicted molar refractivity (Wildman–Crippen MR) is 138 cm³/mol. The van der Waals surface area contributed by atoms with Gasteiger partial charge in [0.15, 0.2) is 0 Å². The molecule has 14 heteroatoms. The topological polar surface area (TPSA) is 119 Å². The van der Waals surface area contributed by atoms with Crippen LogP contribution >= 0.6 is 0 Å². The van der Waals surface area contributed by atoms with E-state index in [0.717, 1.165) is 32.0 Å². The molecule has 1 aromatic rings. The summed E-state index contributed by atoms with van der Waals surface area (Å²) >= 11 is 0. The summed E-state index contributed by atoms with van der Waals surface area (Å²) in [5.74, 6) is -4.62. The van der Waals surface area contributed by atoms with Crippen molar-refractivity contribution < 1.29 is 50.9 Å². The van der Waals surface area contributed by atoms with Gasteiger partial charge in [-0.1, -0.05) is 48.9 Å². The Morgan fingerprint density at radius 1 is 0.976 bits per heavy atom. The molecule has 0 radical (unpaired) electrons. The van der Waals surface area contributed by atoms with Crippen molar-refractivity contribution in [1.82, 2.24) is 15.5 Å². The lowest BCUT2D eigenvalue weighted by atomic mass is 9.60. The summed E-state index contributed by atoms with van der Waals surface area (Å²) in [6, 6.07) is 12.1. The van der Waals surface area contributed by atoms with E-state index in [0.29, 0.717) is 24.0 Å². The van der Waals surface area contributed by atoms with Crippen molar-refractivity contribution in [2.45, 2.75) is 64.0 Å². The average Bonchev–Trinajstić information content (AvgIpc) is 3.59. The zero-order valence-electron chi connectivity index (χ0n) is 22.7. The largest absolute Gasteiger partial charge is 0.490 e. The second kappa shape index (κ2) is 14.2. The van der Waals surface area contributed by atoms with Crippen molar-refractivity contribution in [3.8, 4) is 0 Å². The normalized spacial score (nSPS) is 21.7. The Bertz CT molecular complexity index is 1040. The lowest BCUT2D eigenvalue weighted by Gasteiger charge is -2.59. The van der Waals surface area contributed by atoms with E-state index >= 15 is 0 Å². The van der Waals surface area contributed by atoms with Crippen molar-refractivity contribution in [3.63, 3.8) is 0 Å². The number of benzene rings is 1. The number of hydrogen-bond acceptors (Lipinski definition) is 5. The number of carbonyl (C=O) groups excluding carboxylic acids is 1. The summed E-state index contributed by atoms with van der Waals surface area (Å²) in [6.07, 6.45) is -2.78. The van der Waals surface area contributed by atoms with E-state index in [1.54, 1.807) is 5.57 Å². The Hall–Kier alpha value is -3.13. The molecule has 3 aliphatic rings. The highest BCUT2D eigenvalue weighted by molar-refractivity contribution is 5.78. The number of carbonyl (C=O) groups is 3. The zero-order chi connectivity index (χ0) is 31.0. The molecule has 3 fully saturated rings. The number of aliphatic carboxylic acids is 2. The molecule has 230 valence electrons. The van der Waals surface area contributed by atoms with Crippen LogP contribution in [-0.4, -0.2) is 83.6 Å². The molecule has 4 N–H and O–H groups in total. The molecular formula is C27H35F6N3O5. The minimum absolute atomic E-state index is 0.166. The first-order valence-corrected chi connectivity index (χ1v) is 13.1. The third-order valence-corrected chi connectivity index (χ3v) is 6.98. The molecule has 2 atom stereocenters. The number of halogens is 6. The third kappa shape index (κ3) is 11.0. The molecule has 1 aliphatic heterocycles.